The number of hydrogen-bond acceptors (Lipinski definition) is 0. The summed E-state index contributed by atoms with van der Waals surface area (Å²) in [4.78, 5) is 0. The van der Waals surface area contributed by atoms with Gasteiger partial charge in [0.05, 0.1) is 0 Å². The molecule has 0 saturated carbocycles. The van der Waals surface area contributed by atoms with E-state index >= 15 is 0 Å². The summed E-state index contributed by atoms with van der Waals surface area (Å²) < 4.78 is 0. The van der Waals surface area contributed by atoms with E-state index in [4.69, 9.17) is 0 Å². The van der Waals surface area contributed by atoms with Crippen LogP contribution in [0.5, 0.6) is 0 Å². The Morgan fingerprint density at radius 1 is 0.722 bits per heavy atom. The first-order chi connectivity index (χ1) is 8.21. The first-order valence-electron chi connectivity index (χ1n) is 6.07. The maximum Gasteiger partial charge on any atom is 0.129 e. The smallest absolute Gasteiger partial charge is 0.127 e. The molecule has 0 nitrogen and oxygen atoms in total. The van der Waals surface area contributed by atoms with Gasteiger partial charge in [0.1, 0.15) is 8.07 Å². The second kappa shape index (κ2) is 7.65. The van der Waals surface area contributed by atoms with Crippen LogP contribution in [-0.4, -0.2) is 8.07 Å². The first-order valence-corrected chi connectivity index (χ1v) is 9.57. The summed E-state index contributed by atoms with van der Waals surface area (Å²) in [5.41, 5.74) is 3.29. The molecule has 0 aliphatic rings. The van der Waals surface area contributed by atoms with Crippen molar-refractivity contribution in [2.75, 3.05) is 0 Å². The maximum atomic E-state index is 3.24. The summed E-state index contributed by atoms with van der Waals surface area (Å²) in [5.74, 6) is 14.9. The molecule has 0 amide bonds. The van der Waals surface area contributed by atoms with E-state index in [-0.39, 0.29) is 5.41 Å². The lowest BCUT2D eigenvalue weighted by Crippen LogP contribution is -2.16. The van der Waals surface area contributed by atoms with Crippen molar-refractivity contribution in [1.29, 1.82) is 0 Å². The van der Waals surface area contributed by atoms with Crippen molar-refractivity contribution in [2.45, 2.75) is 40.4 Å². The zero-order valence-corrected chi connectivity index (χ0v) is 13.3. The van der Waals surface area contributed by atoms with Gasteiger partial charge in [0.2, 0.25) is 0 Å². The van der Waals surface area contributed by atoms with E-state index in [0.29, 0.717) is 0 Å². The van der Waals surface area contributed by atoms with Crippen LogP contribution < -0.4 is 0 Å². The van der Waals surface area contributed by atoms with Crippen LogP contribution >= 0.6 is 0 Å². The molecular formula is C17H22Si. The largest absolute Gasteiger partial charge is 0.129 e. The first kappa shape index (κ1) is 16.4. The van der Waals surface area contributed by atoms with E-state index in [1.807, 2.05) is 0 Å². The lowest BCUT2D eigenvalue weighted by atomic mass is 9.98. The van der Waals surface area contributed by atoms with Gasteiger partial charge in [-0.1, -0.05) is 49.2 Å². The highest BCUT2D eigenvalue weighted by Gasteiger charge is 2.06. The molecule has 0 saturated heterocycles. The number of rotatable bonds is 0. The van der Waals surface area contributed by atoms with Gasteiger partial charge in [-0.3, -0.25) is 0 Å². The molecule has 0 heterocycles. The van der Waals surface area contributed by atoms with Crippen molar-refractivity contribution < 1.29 is 0 Å². The summed E-state index contributed by atoms with van der Waals surface area (Å²) in [5, 5.41) is 0. The van der Waals surface area contributed by atoms with E-state index in [2.05, 4.69) is 75.6 Å². The lowest BCUT2D eigenvalue weighted by Gasteiger charge is -2.05. The van der Waals surface area contributed by atoms with Crippen molar-refractivity contribution in [3.05, 3.63) is 24.3 Å². The third-order valence-corrected chi connectivity index (χ3v) is 2.37. The van der Waals surface area contributed by atoms with E-state index in [0.717, 1.165) is 0 Å². The van der Waals surface area contributed by atoms with E-state index in [9.17, 15) is 0 Å². The van der Waals surface area contributed by atoms with Gasteiger partial charge in [-0.25, -0.2) is 0 Å². The SMILES string of the molecule is CC(C)(C)C#C/C=C/C#C/C=C/C#C[Si](C)(C)C. The van der Waals surface area contributed by atoms with Crippen LogP contribution in [0.15, 0.2) is 24.3 Å². The molecular weight excluding hydrogens is 232 g/mol. The number of allylic oxidation sites excluding steroid dienone is 4. The second-order valence-electron chi connectivity index (χ2n) is 5.99. The Morgan fingerprint density at radius 2 is 1.17 bits per heavy atom. The molecule has 0 spiro atoms. The minimum Gasteiger partial charge on any atom is -0.127 e. The zero-order chi connectivity index (χ0) is 14.1. The monoisotopic (exact) mass is 254 g/mol. The van der Waals surface area contributed by atoms with Crippen LogP contribution in [0.4, 0.5) is 0 Å². The van der Waals surface area contributed by atoms with E-state index < -0.39 is 8.07 Å². The Hall–Kier alpha value is -1.62. The molecule has 1 heteroatoms. The highest BCUT2D eigenvalue weighted by atomic mass is 28.3. The highest BCUT2D eigenvalue weighted by molar-refractivity contribution is 6.83. The van der Waals surface area contributed by atoms with Gasteiger partial charge in [-0.15, -0.1) is 5.54 Å². The molecule has 0 radical (unpaired) electrons. The molecule has 0 N–H and O–H groups in total. The lowest BCUT2D eigenvalue weighted by molar-refractivity contribution is 0.571. The Balaban J connectivity index is 4.21. The zero-order valence-electron chi connectivity index (χ0n) is 12.3. The fourth-order valence-electron chi connectivity index (χ4n) is 0.779. The molecule has 0 aromatic rings. The molecule has 0 unspecified atom stereocenters. The Kier molecular flexibility index (Phi) is 6.96. The molecule has 94 valence electrons. The molecule has 0 fully saturated rings. The Morgan fingerprint density at radius 3 is 1.61 bits per heavy atom. The third-order valence-electron chi connectivity index (χ3n) is 1.48. The summed E-state index contributed by atoms with van der Waals surface area (Å²) in [6.07, 6.45) is 7.11. The summed E-state index contributed by atoms with van der Waals surface area (Å²) in [7, 11) is -1.25. The molecule has 0 aromatic heterocycles. The standard InChI is InChI=1S/C17H22Si/c1-17(2,3)15-13-11-9-7-8-10-12-14-16-18(4,5)6/h9-12H,1-6H3/b11-9+,12-10+. The number of hydrogen-bond donors (Lipinski definition) is 0. The van der Waals surface area contributed by atoms with Crippen molar-refractivity contribution in [3.8, 4) is 35.1 Å². The molecule has 0 aromatic carbocycles. The Labute approximate surface area is 114 Å². The molecule has 18 heavy (non-hydrogen) atoms. The molecule has 0 aliphatic carbocycles. The topological polar surface area (TPSA) is 0 Å². The summed E-state index contributed by atoms with van der Waals surface area (Å²) >= 11 is 0. The molecule has 0 aliphatic heterocycles. The van der Waals surface area contributed by atoms with Gasteiger partial charge in [-0.2, -0.15) is 0 Å². The fraction of sp³-hybridized carbons (Fsp3) is 0.412. The van der Waals surface area contributed by atoms with Crippen molar-refractivity contribution in [1.82, 2.24) is 0 Å². The van der Waals surface area contributed by atoms with Crippen LogP contribution in [0.2, 0.25) is 19.6 Å². The van der Waals surface area contributed by atoms with E-state index in [1.165, 1.54) is 0 Å². The van der Waals surface area contributed by atoms with Crippen LogP contribution in [0, 0.1) is 40.6 Å². The van der Waals surface area contributed by atoms with Gasteiger partial charge in [0.15, 0.2) is 0 Å². The predicted molar refractivity (Wildman–Crippen MR) is 84.4 cm³/mol. The third kappa shape index (κ3) is 14.4. The van der Waals surface area contributed by atoms with Crippen molar-refractivity contribution >= 4 is 8.07 Å². The van der Waals surface area contributed by atoms with Gasteiger partial charge in [-0.05, 0) is 45.1 Å². The van der Waals surface area contributed by atoms with Gasteiger partial charge in [0, 0.05) is 5.41 Å². The van der Waals surface area contributed by atoms with Crippen LogP contribution in [0.25, 0.3) is 0 Å². The van der Waals surface area contributed by atoms with Gasteiger partial charge in [0.25, 0.3) is 0 Å². The predicted octanol–water partition coefficient (Wildman–Crippen LogP) is 4.03. The van der Waals surface area contributed by atoms with Crippen LogP contribution in [-0.2, 0) is 0 Å². The van der Waals surface area contributed by atoms with Gasteiger partial charge < -0.3 is 0 Å². The average Bonchev–Trinajstić information content (AvgIpc) is 2.17. The molecule has 0 bridgehead atoms. The van der Waals surface area contributed by atoms with Crippen molar-refractivity contribution in [3.63, 3.8) is 0 Å². The minimum absolute atomic E-state index is 0.0457. The second-order valence-corrected chi connectivity index (χ2v) is 10.7. The van der Waals surface area contributed by atoms with Gasteiger partial charge >= 0.3 is 0 Å². The molecule has 0 rings (SSSR count). The maximum absolute atomic E-state index is 3.24. The average molecular weight is 254 g/mol. The quantitative estimate of drug-likeness (QED) is 0.452. The normalized spacial score (nSPS) is 11.2. The summed E-state index contributed by atoms with van der Waals surface area (Å²) in [6.45, 7) is 12.9. The van der Waals surface area contributed by atoms with E-state index in [1.54, 1.807) is 24.3 Å². The Bertz CT molecular complexity index is 440. The highest BCUT2D eigenvalue weighted by Crippen LogP contribution is 2.09. The van der Waals surface area contributed by atoms with Crippen LogP contribution in [0.3, 0.4) is 0 Å². The minimum atomic E-state index is -1.25. The van der Waals surface area contributed by atoms with Crippen molar-refractivity contribution in [2.24, 2.45) is 5.41 Å². The molecule has 0 atom stereocenters. The fourth-order valence-corrected chi connectivity index (χ4v) is 1.30. The summed E-state index contributed by atoms with van der Waals surface area (Å²) in [6, 6.07) is 0. The van der Waals surface area contributed by atoms with Crippen LogP contribution in [0.1, 0.15) is 20.8 Å².